The van der Waals surface area contributed by atoms with Gasteiger partial charge in [-0.25, -0.2) is 9.97 Å². The average molecular weight is 426 g/mol. The number of hydrogen-bond acceptors (Lipinski definition) is 7. The Morgan fingerprint density at radius 3 is 2.70 bits per heavy atom. The van der Waals surface area contributed by atoms with Gasteiger partial charge >= 0.3 is 0 Å². The first kappa shape index (κ1) is 20.2. The SMILES string of the molecule is Cc1nc(N2CCOCC2)[nH]c(=O)c1CCC(=O)Nc1ccc(-c2nccs2)cc1. The first-order valence-electron chi connectivity index (χ1n) is 9.82. The van der Waals surface area contributed by atoms with Crippen LogP contribution in [-0.4, -0.2) is 47.2 Å². The third kappa shape index (κ3) is 4.74. The van der Waals surface area contributed by atoms with E-state index in [4.69, 9.17) is 4.74 Å². The van der Waals surface area contributed by atoms with Crippen LogP contribution in [0, 0.1) is 6.92 Å². The number of thiazole rings is 1. The van der Waals surface area contributed by atoms with Crippen LogP contribution in [0.2, 0.25) is 0 Å². The Labute approximate surface area is 178 Å². The highest BCUT2D eigenvalue weighted by Crippen LogP contribution is 2.23. The van der Waals surface area contributed by atoms with Crippen molar-refractivity contribution in [1.82, 2.24) is 15.0 Å². The fourth-order valence-corrected chi connectivity index (χ4v) is 3.98. The predicted octanol–water partition coefficient (Wildman–Crippen LogP) is 2.61. The molecule has 1 aliphatic rings. The average Bonchev–Trinajstić information content (AvgIpc) is 3.29. The fraction of sp³-hybridized carbons (Fsp3) is 0.333. The fourth-order valence-electron chi connectivity index (χ4n) is 3.34. The highest BCUT2D eigenvalue weighted by Gasteiger charge is 2.17. The smallest absolute Gasteiger partial charge is 0.255 e. The minimum absolute atomic E-state index is 0.145. The summed E-state index contributed by atoms with van der Waals surface area (Å²) in [4.78, 5) is 38.6. The number of benzene rings is 1. The lowest BCUT2D eigenvalue weighted by atomic mass is 10.1. The molecule has 1 fully saturated rings. The molecule has 0 unspecified atom stereocenters. The molecule has 2 aromatic heterocycles. The lowest BCUT2D eigenvalue weighted by molar-refractivity contribution is -0.116. The number of rotatable bonds is 6. The number of aromatic nitrogens is 3. The molecular weight excluding hydrogens is 402 g/mol. The Hall–Kier alpha value is -3.04. The molecule has 0 saturated carbocycles. The number of aromatic amines is 1. The van der Waals surface area contributed by atoms with Gasteiger partial charge in [-0.1, -0.05) is 0 Å². The number of hydrogen-bond donors (Lipinski definition) is 2. The maximum atomic E-state index is 12.5. The Morgan fingerprint density at radius 1 is 1.27 bits per heavy atom. The first-order chi connectivity index (χ1) is 14.6. The molecule has 1 aromatic carbocycles. The van der Waals surface area contributed by atoms with Crippen molar-refractivity contribution in [3.8, 4) is 10.6 Å². The van der Waals surface area contributed by atoms with Crippen LogP contribution in [0.5, 0.6) is 0 Å². The maximum absolute atomic E-state index is 12.5. The molecule has 4 rings (SSSR count). The van der Waals surface area contributed by atoms with Crippen LogP contribution >= 0.6 is 11.3 Å². The molecule has 1 aliphatic heterocycles. The molecule has 0 radical (unpaired) electrons. The highest BCUT2D eigenvalue weighted by atomic mass is 32.1. The summed E-state index contributed by atoms with van der Waals surface area (Å²) in [7, 11) is 0. The molecule has 0 atom stereocenters. The lowest BCUT2D eigenvalue weighted by Gasteiger charge is -2.27. The van der Waals surface area contributed by atoms with Gasteiger partial charge in [-0.3, -0.25) is 14.6 Å². The van der Waals surface area contributed by atoms with E-state index >= 15 is 0 Å². The van der Waals surface area contributed by atoms with E-state index in [2.05, 4.69) is 20.3 Å². The van der Waals surface area contributed by atoms with Crippen molar-refractivity contribution in [2.75, 3.05) is 36.5 Å². The molecule has 3 aromatic rings. The number of ether oxygens (including phenoxy) is 1. The summed E-state index contributed by atoms with van der Waals surface area (Å²) in [6, 6.07) is 7.56. The van der Waals surface area contributed by atoms with Crippen LogP contribution in [0.15, 0.2) is 40.6 Å². The predicted molar refractivity (Wildman–Crippen MR) is 117 cm³/mol. The number of anilines is 2. The summed E-state index contributed by atoms with van der Waals surface area (Å²) in [5.74, 6) is 0.419. The molecule has 0 aliphatic carbocycles. The number of nitrogens with zero attached hydrogens (tertiary/aromatic N) is 3. The Balaban J connectivity index is 1.36. The Kier molecular flexibility index (Phi) is 6.20. The second-order valence-electron chi connectivity index (χ2n) is 7.02. The molecule has 0 bridgehead atoms. The summed E-state index contributed by atoms with van der Waals surface area (Å²) < 4.78 is 5.34. The minimum atomic E-state index is -0.190. The summed E-state index contributed by atoms with van der Waals surface area (Å²) >= 11 is 1.57. The van der Waals surface area contributed by atoms with E-state index in [9.17, 15) is 9.59 Å². The van der Waals surface area contributed by atoms with Gasteiger partial charge in [-0.2, -0.15) is 0 Å². The summed E-state index contributed by atoms with van der Waals surface area (Å²) in [6.45, 7) is 4.45. The number of amides is 1. The zero-order valence-corrected chi connectivity index (χ0v) is 17.5. The molecule has 0 spiro atoms. The molecule has 156 valence electrons. The highest BCUT2D eigenvalue weighted by molar-refractivity contribution is 7.13. The number of carbonyl (C=O) groups is 1. The molecule has 3 heterocycles. The Morgan fingerprint density at radius 2 is 2.03 bits per heavy atom. The molecule has 8 nitrogen and oxygen atoms in total. The van der Waals surface area contributed by atoms with Crippen molar-refractivity contribution in [2.24, 2.45) is 0 Å². The van der Waals surface area contributed by atoms with Gasteiger partial charge in [0.25, 0.3) is 5.56 Å². The van der Waals surface area contributed by atoms with Crippen molar-refractivity contribution in [2.45, 2.75) is 19.8 Å². The van der Waals surface area contributed by atoms with Crippen LogP contribution in [-0.2, 0) is 16.0 Å². The third-order valence-electron chi connectivity index (χ3n) is 4.97. The molecule has 2 N–H and O–H groups in total. The molecular formula is C21H23N5O3S. The van der Waals surface area contributed by atoms with Gasteiger partial charge < -0.3 is 15.0 Å². The number of carbonyl (C=O) groups excluding carboxylic acids is 1. The second-order valence-corrected chi connectivity index (χ2v) is 7.91. The zero-order valence-electron chi connectivity index (χ0n) is 16.7. The monoisotopic (exact) mass is 425 g/mol. The molecule has 30 heavy (non-hydrogen) atoms. The van der Waals surface area contributed by atoms with Gasteiger partial charge in [0, 0.05) is 53.6 Å². The topological polar surface area (TPSA) is 100 Å². The van der Waals surface area contributed by atoms with Crippen molar-refractivity contribution in [3.05, 3.63) is 57.5 Å². The van der Waals surface area contributed by atoms with Crippen LogP contribution in [0.1, 0.15) is 17.7 Å². The normalized spacial score (nSPS) is 14.0. The third-order valence-corrected chi connectivity index (χ3v) is 5.79. The van der Waals surface area contributed by atoms with Crippen molar-refractivity contribution >= 4 is 28.9 Å². The summed E-state index contributed by atoms with van der Waals surface area (Å²) in [6.07, 6.45) is 2.30. The van der Waals surface area contributed by atoms with Crippen LogP contribution in [0.4, 0.5) is 11.6 Å². The molecule has 1 amide bonds. The van der Waals surface area contributed by atoms with Crippen LogP contribution in [0.25, 0.3) is 10.6 Å². The standard InChI is InChI=1S/C21H23N5O3S/c1-14-17(19(28)25-21(23-14)26-9-11-29-12-10-26)6-7-18(27)24-16-4-2-15(3-5-16)20-22-8-13-30-20/h2-5,8,13H,6-7,9-12H2,1H3,(H,24,27)(H,23,25,28). The van der Waals surface area contributed by atoms with E-state index in [1.165, 1.54) is 0 Å². The van der Waals surface area contributed by atoms with Gasteiger partial charge in [0.05, 0.1) is 13.2 Å². The van der Waals surface area contributed by atoms with Gasteiger partial charge in [0.2, 0.25) is 11.9 Å². The maximum Gasteiger partial charge on any atom is 0.255 e. The largest absolute Gasteiger partial charge is 0.378 e. The lowest BCUT2D eigenvalue weighted by Crippen LogP contribution is -2.38. The minimum Gasteiger partial charge on any atom is -0.378 e. The van der Waals surface area contributed by atoms with Crippen molar-refractivity contribution in [1.29, 1.82) is 0 Å². The van der Waals surface area contributed by atoms with E-state index in [1.54, 1.807) is 17.5 Å². The molecule has 9 heteroatoms. The number of morpholine rings is 1. The van der Waals surface area contributed by atoms with E-state index in [0.29, 0.717) is 55.6 Å². The number of nitrogens with one attached hydrogen (secondary N) is 2. The molecule has 1 saturated heterocycles. The van der Waals surface area contributed by atoms with Gasteiger partial charge in [-0.15, -0.1) is 11.3 Å². The quantitative estimate of drug-likeness (QED) is 0.630. The number of aryl methyl sites for hydroxylation is 1. The van der Waals surface area contributed by atoms with Crippen LogP contribution < -0.4 is 15.8 Å². The van der Waals surface area contributed by atoms with Gasteiger partial charge in [-0.05, 0) is 37.6 Å². The number of H-pyrrole nitrogens is 1. The van der Waals surface area contributed by atoms with Crippen molar-refractivity contribution < 1.29 is 9.53 Å². The van der Waals surface area contributed by atoms with E-state index in [0.717, 1.165) is 10.6 Å². The van der Waals surface area contributed by atoms with Crippen molar-refractivity contribution in [3.63, 3.8) is 0 Å². The van der Waals surface area contributed by atoms with E-state index < -0.39 is 0 Å². The summed E-state index contributed by atoms with van der Waals surface area (Å²) in [5, 5.41) is 5.74. The zero-order chi connectivity index (χ0) is 20.9. The Bertz CT molecular complexity index is 1060. The summed E-state index contributed by atoms with van der Waals surface area (Å²) in [5.41, 5.74) is 2.73. The van der Waals surface area contributed by atoms with E-state index in [1.807, 2.05) is 41.5 Å². The van der Waals surface area contributed by atoms with Gasteiger partial charge in [0.15, 0.2) is 0 Å². The van der Waals surface area contributed by atoms with E-state index in [-0.39, 0.29) is 17.9 Å². The first-order valence-corrected chi connectivity index (χ1v) is 10.7. The second kappa shape index (κ2) is 9.19. The van der Waals surface area contributed by atoms with Crippen LogP contribution in [0.3, 0.4) is 0 Å². The van der Waals surface area contributed by atoms with Gasteiger partial charge in [0.1, 0.15) is 5.01 Å².